The van der Waals surface area contributed by atoms with Crippen LogP contribution in [0.2, 0.25) is 5.02 Å². The molecule has 1 aromatic carbocycles. The first-order valence-electron chi connectivity index (χ1n) is 6.45. The second-order valence-electron chi connectivity index (χ2n) is 4.87. The van der Waals surface area contributed by atoms with E-state index in [-0.39, 0.29) is 6.04 Å². The Labute approximate surface area is 128 Å². The Morgan fingerprint density at radius 3 is 2.68 bits per heavy atom. The van der Waals surface area contributed by atoms with Crippen molar-refractivity contribution in [1.29, 1.82) is 0 Å². The Kier molecular flexibility index (Phi) is 5.62. The molecule has 0 saturated carbocycles. The van der Waals surface area contributed by atoms with Crippen LogP contribution in [0.5, 0.6) is 0 Å². The third-order valence-electron chi connectivity index (χ3n) is 3.41. The fourth-order valence-electron chi connectivity index (χ4n) is 2.19. The van der Waals surface area contributed by atoms with E-state index in [1.807, 2.05) is 18.2 Å². The van der Waals surface area contributed by atoms with Gasteiger partial charge in [-0.3, -0.25) is 0 Å². The van der Waals surface area contributed by atoms with E-state index in [2.05, 4.69) is 38.3 Å². The highest BCUT2D eigenvalue weighted by Gasteiger charge is 2.19. The van der Waals surface area contributed by atoms with Gasteiger partial charge in [-0.25, -0.2) is 10.4 Å². The lowest BCUT2D eigenvalue weighted by atomic mass is 10.1. The maximum atomic E-state index is 6.07. The second-order valence-corrected chi connectivity index (χ2v) is 6.16. The van der Waals surface area contributed by atoms with Crippen LogP contribution in [0.1, 0.15) is 11.6 Å². The van der Waals surface area contributed by atoms with Crippen molar-refractivity contribution in [3.63, 3.8) is 0 Å². The first-order chi connectivity index (χ1) is 9.10. The van der Waals surface area contributed by atoms with Crippen molar-refractivity contribution in [2.24, 2.45) is 5.73 Å². The van der Waals surface area contributed by atoms with E-state index in [9.17, 15) is 0 Å². The molecule has 106 valence electrons. The molecule has 1 unspecified atom stereocenters. The molecule has 4 nitrogen and oxygen atoms in total. The van der Waals surface area contributed by atoms with Crippen LogP contribution in [-0.2, 0) is 0 Å². The van der Waals surface area contributed by atoms with Crippen molar-refractivity contribution in [3.8, 4) is 0 Å². The van der Waals surface area contributed by atoms with Crippen LogP contribution in [0.3, 0.4) is 0 Å². The van der Waals surface area contributed by atoms with E-state index in [0.29, 0.717) is 6.54 Å². The van der Waals surface area contributed by atoms with Gasteiger partial charge in [0.05, 0.1) is 6.04 Å². The summed E-state index contributed by atoms with van der Waals surface area (Å²) in [5, 5.41) is 2.97. The maximum Gasteiger partial charge on any atom is 0.0598 e. The lowest BCUT2D eigenvalue weighted by molar-refractivity contribution is 0.0879. The summed E-state index contributed by atoms with van der Waals surface area (Å²) >= 11 is 9.64. The summed E-state index contributed by atoms with van der Waals surface area (Å²) in [5.41, 5.74) is 10.5. The quantitative estimate of drug-likeness (QED) is 0.872. The molecule has 1 aliphatic rings. The zero-order valence-corrected chi connectivity index (χ0v) is 13.4. The Hall–Kier alpha value is -0.170. The molecule has 0 amide bonds. The third kappa shape index (κ3) is 4.15. The number of hydrogen-bond donors (Lipinski definition) is 2. The molecule has 1 saturated heterocycles. The van der Waals surface area contributed by atoms with Crippen LogP contribution >= 0.6 is 27.5 Å². The third-order valence-corrected chi connectivity index (χ3v) is 4.37. The monoisotopic (exact) mass is 346 g/mol. The van der Waals surface area contributed by atoms with E-state index >= 15 is 0 Å². The predicted octanol–water partition coefficient (Wildman–Crippen LogP) is 1.85. The minimum Gasteiger partial charge on any atom is -0.329 e. The molecule has 1 heterocycles. The van der Waals surface area contributed by atoms with Gasteiger partial charge in [0.25, 0.3) is 0 Å². The Morgan fingerprint density at radius 1 is 1.37 bits per heavy atom. The van der Waals surface area contributed by atoms with Gasteiger partial charge in [0, 0.05) is 42.2 Å². The highest BCUT2D eigenvalue weighted by molar-refractivity contribution is 9.10. The topological polar surface area (TPSA) is 44.5 Å². The number of nitrogens with zero attached hydrogens (tertiary/aromatic N) is 2. The van der Waals surface area contributed by atoms with Crippen molar-refractivity contribution in [2.45, 2.75) is 6.04 Å². The van der Waals surface area contributed by atoms with Crippen molar-refractivity contribution in [2.75, 3.05) is 39.8 Å². The summed E-state index contributed by atoms with van der Waals surface area (Å²) in [4.78, 5) is 2.32. The van der Waals surface area contributed by atoms with E-state index in [1.165, 1.54) is 0 Å². The van der Waals surface area contributed by atoms with E-state index in [4.69, 9.17) is 17.3 Å². The number of nitrogens with two attached hydrogens (primary N) is 1. The summed E-state index contributed by atoms with van der Waals surface area (Å²) in [6, 6.07) is 5.88. The molecule has 1 aromatic rings. The van der Waals surface area contributed by atoms with Gasteiger partial charge in [0.15, 0.2) is 0 Å². The molecule has 6 heteroatoms. The normalized spacial score (nSPS) is 19.6. The minimum absolute atomic E-state index is 0.0801. The molecule has 0 radical (unpaired) electrons. The Bertz CT molecular complexity index is 421. The number of hydrazine groups is 1. The van der Waals surface area contributed by atoms with E-state index < -0.39 is 0 Å². The second kappa shape index (κ2) is 7.02. The summed E-state index contributed by atoms with van der Waals surface area (Å²) < 4.78 is 1.04. The SMILES string of the molecule is CN1CCN(NC(CN)c2cc(Cl)ccc2Br)CC1. The number of nitrogens with one attached hydrogen (secondary N) is 1. The lowest BCUT2D eigenvalue weighted by Crippen LogP contribution is -2.52. The molecule has 0 aliphatic carbocycles. The first kappa shape index (κ1) is 15.2. The van der Waals surface area contributed by atoms with Crippen LogP contribution in [0.15, 0.2) is 22.7 Å². The fraction of sp³-hybridized carbons (Fsp3) is 0.538. The highest BCUT2D eigenvalue weighted by Crippen LogP contribution is 2.26. The standard InChI is InChI=1S/C13H20BrClN4/c1-18-4-6-19(7-5-18)17-13(9-16)11-8-10(15)2-3-12(11)14/h2-3,8,13,17H,4-7,9,16H2,1H3. The molecule has 1 fully saturated rings. The van der Waals surface area contributed by atoms with Gasteiger partial charge in [-0.15, -0.1) is 0 Å². The maximum absolute atomic E-state index is 6.07. The van der Waals surface area contributed by atoms with Crippen LogP contribution < -0.4 is 11.2 Å². The number of rotatable bonds is 4. The van der Waals surface area contributed by atoms with Gasteiger partial charge in [-0.1, -0.05) is 27.5 Å². The first-order valence-corrected chi connectivity index (χ1v) is 7.62. The molecule has 3 N–H and O–H groups in total. The Morgan fingerprint density at radius 2 is 2.05 bits per heavy atom. The summed E-state index contributed by atoms with van der Waals surface area (Å²) in [6.07, 6.45) is 0. The zero-order valence-electron chi connectivity index (χ0n) is 11.1. The van der Waals surface area contributed by atoms with Crippen molar-refractivity contribution >= 4 is 27.5 Å². The van der Waals surface area contributed by atoms with Crippen molar-refractivity contribution in [3.05, 3.63) is 33.3 Å². The Balaban J connectivity index is 2.05. The summed E-state index contributed by atoms with van der Waals surface area (Å²) in [6.45, 7) is 4.68. The summed E-state index contributed by atoms with van der Waals surface area (Å²) in [5.74, 6) is 0. The average Bonchev–Trinajstić information content (AvgIpc) is 2.41. The minimum atomic E-state index is 0.0801. The van der Waals surface area contributed by atoms with Gasteiger partial charge < -0.3 is 10.6 Å². The van der Waals surface area contributed by atoms with E-state index in [0.717, 1.165) is 41.2 Å². The van der Waals surface area contributed by atoms with Gasteiger partial charge in [0.1, 0.15) is 0 Å². The molecule has 2 rings (SSSR count). The molecular weight excluding hydrogens is 328 g/mol. The summed E-state index contributed by atoms with van der Waals surface area (Å²) in [7, 11) is 2.14. The van der Waals surface area contributed by atoms with Crippen LogP contribution in [0, 0.1) is 0 Å². The van der Waals surface area contributed by atoms with Gasteiger partial charge in [-0.2, -0.15) is 0 Å². The largest absolute Gasteiger partial charge is 0.329 e. The average molecular weight is 348 g/mol. The lowest BCUT2D eigenvalue weighted by Gasteiger charge is -2.35. The highest BCUT2D eigenvalue weighted by atomic mass is 79.9. The number of benzene rings is 1. The molecule has 0 aromatic heterocycles. The van der Waals surface area contributed by atoms with E-state index in [1.54, 1.807) is 0 Å². The van der Waals surface area contributed by atoms with Crippen LogP contribution in [0.25, 0.3) is 0 Å². The van der Waals surface area contributed by atoms with Crippen molar-refractivity contribution in [1.82, 2.24) is 15.3 Å². The van der Waals surface area contributed by atoms with Gasteiger partial charge >= 0.3 is 0 Å². The number of likely N-dealkylation sites (N-methyl/N-ethyl adjacent to an activating group) is 1. The van der Waals surface area contributed by atoms with Gasteiger partial charge in [-0.05, 0) is 30.8 Å². The molecular formula is C13H20BrClN4. The zero-order chi connectivity index (χ0) is 13.8. The molecule has 0 bridgehead atoms. The molecule has 19 heavy (non-hydrogen) atoms. The number of halogens is 2. The number of hydrogen-bond acceptors (Lipinski definition) is 4. The predicted molar refractivity (Wildman–Crippen MR) is 83.2 cm³/mol. The number of piperazine rings is 1. The smallest absolute Gasteiger partial charge is 0.0598 e. The van der Waals surface area contributed by atoms with Crippen LogP contribution in [0.4, 0.5) is 0 Å². The molecule has 1 atom stereocenters. The fourth-order valence-corrected chi connectivity index (χ4v) is 2.89. The molecule has 0 spiro atoms. The van der Waals surface area contributed by atoms with Crippen molar-refractivity contribution < 1.29 is 0 Å². The van der Waals surface area contributed by atoms with Gasteiger partial charge in [0.2, 0.25) is 0 Å². The molecule has 1 aliphatic heterocycles. The van der Waals surface area contributed by atoms with Crippen LogP contribution in [-0.4, -0.2) is 49.7 Å².